The number of alkyl halides is 2. The number of anilines is 1. The first-order valence-electron chi connectivity index (χ1n) is 10.1. The van der Waals surface area contributed by atoms with Crippen molar-refractivity contribution in [3.8, 4) is 16.3 Å². The monoisotopic (exact) mass is 465 g/mol. The number of ether oxygens (including phenoxy) is 1. The largest absolute Gasteiger partial charge is 0.482 e. The number of hydrogen-bond acceptors (Lipinski definition) is 9. The van der Waals surface area contributed by atoms with Crippen molar-refractivity contribution >= 4 is 34.4 Å². The Labute approximate surface area is 185 Å². The van der Waals surface area contributed by atoms with E-state index < -0.39 is 18.6 Å². The number of rotatable bonds is 7. The van der Waals surface area contributed by atoms with E-state index in [1.165, 1.54) is 24.5 Å². The van der Waals surface area contributed by atoms with Crippen molar-refractivity contribution in [3.63, 3.8) is 0 Å². The second-order valence-electron chi connectivity index (χ2n) is 7.89. The molecule has 3 aliphatic rings. The molecule has 170 valence electrons. The van der Waals surface area contributed by atoms with E-state index in [2.05, 4.69) is 15.3 Å². The summed E-state index contributed by atoms with van der Waals surface area (Å²) in [7, 11) is 1.17. The van der Waals surface area contributed by atoms with Crippen LogP contribution in [0.25, 0.3) is 21.7 Å². The number of benzene rings is 1. The molecule has 6 rings (SSSR count). The predicted octanol–water partition coefficient (Wildman–Crippen LogP) is 1.92. The molecule has 0 aliphatic carbocycles. The standard InChI is InChI=1S/C20H21F2N5O4S/c1-26(5-6-28)18(29)20(21,22)31-14-3-2-13(17-23-4-7-32-17)16-15(14)25-19(30-16)27-9-11-8-12(10-27)24-11/h2-4,7,11-12,24,28H,5-6,8-10H2,1H3. The molecule has 1 amide bonds. The molecule has 3 aliphatic heterocycles. The van der Waals surface area contributed by atoms with Gasteiger partial charge in [0.2, 0.25) is 0 Å². The van der Waals surface area contributed by atoms with Crippen LogP contribution >= 0.6 is 11.3 Å². The van der Waals surface area contributed by atoms with Crippen molar-refractivity contribution in [1.82, 2.24) is 20.2 Å². The molecule has 1 aromatic carbocycles. The van der Waals surface area contributed by atoms with Crippen LogP contribution in [0.2, 0.25) is 0 Å². The van der Waals surface area contributed by atoms with Gasteiger partial charge in [-0.05, 0) is 18.6 Å². The van der Waals surface area contributed by atoms with Crippen LogP contribution in [0, 0.1) is 0 Å². The van der Waals surface area contributed by atoms with Crippen molar-refractivity contribution in [2.45, 2.75) is 24.6 Å². The second-order valence-corrected chi connectivity index (χ2v) is 8.79. The maximum Gasteiger partial charge on any atom is 0.482 e. The summed E-state index contributed by atoms with van der Waals surface area (Å²) in [4.78, 5) is 23.6. The van der Waals surface area contributed by atoms with Crippen molar-refractivity contribution < 1.29 is 27.8 Å². The molecule has 3 aromatic rings. The number of nitrogens with zero attached hydrogens (tertiary/aromatic N) is 4. The number of hydrogen-bond donors (Lipinski definition) is 2. The molecular formula is C20H21F2N5O4S. The first-order chi connectivity index (χ1) is 15.4. The first-order valence-corrected chi connectivity index (χ1v) is 11.0. The molecule has 0 saturated carbocycles. The van der Waals surface area contributed by atoms with Crippen molar-refractivity contribution in [3.05, 3.63) is 23.7 Å². The summed E-state index contributed by atoms with van der Waals surface area (Å²) in [5, 5.41) is 14.8. The number of nitrogens with one attached hydrogen (secondary N) is 1. The lowest BCUT2D eigenvalue weighted by molar-refractivity contribution is -0.202. The van der Waals surface area contributed by atoms with E-state index in [-0.39, 0.29) is 23.4 Å². The number of aliphatic hydroxyl groups excluding tert-OH is 1. The summed E-state index contributed by atoms with van der Waals surface area (Å²) in [6, 6.07) is 3.92. The number of aromatic nitrogens is 2. The highest BCUT2D eigenvalue weighted by Crippen LogP contribution is 2.40. The molecule has 2 aromatic heterocycles. The van der Waals surface area contributed by atoms with Gasteiger partial charge in [0.05, 0.1) is 12.2 Å². The lowest BCUT2D eigenvalue weighted by Gasteiger charge is -2.47. The molecular weight excluding hydrogens is 444 g/mol. The Bertz CT molecular complexity index is 1120. The minimum absolute atomic E-state index is 0.0946. The molecule has 0 spiro atoms. The number of piperidine rings is 1. The third-order valence-corrected chi connectivity index (χ3v) is 6.43. The smallest absolute Gasteiger partial charge is 0.423 e. The third-order valence-electron chi connectivity index (χ3n) is 5.62. The number of carbonyl (C=O) groups is 1. The average Bonchev–Trinajstić information content (AvgIpc) is 3.43. The normalized spacial score (nSPS) is 20.3. The Hall–Kier alpha value is -2.83. The molecule has 2 atom stereocenters. The number of amides is 1. The quantitative estimate of drug-likeness (QED) is 0.546. The zero-order chi connectivity index (χ0) is 22.5. The van der Waals surface area contributed by atoms with Gasteiger partial charge in [-0.1, -0.05) is 0 Å². The van der Waals surface area contributed by atoms with Crippen LogP contribution in [0.1, 0.15) is 6.42 Å². The number of carbonyl (C=O) groups excluding carboxylic acids is 1. The zero-order valence-corrected chi connectivity index (χ0v) is 17.9. The Balaban J connectivity index is 1.53. The molecule has 2 unspecified atom stereocenters. The van der Waals surface area contributed by atoms with E-state index in [0.29, 0.717) is 46.7 Å². The predicted molar refractivity (Wildman–Crippen MR) is 113 cm³/mol. The van der Waals surface area contributed by atoms with Gasteiger partial charge in [0.1, 0.15) is 5.01 Å². The van der Waals surface area contributed by atoms with Crippen LogP contribution in [0.5, 0.6) is 5.75 Å². The third kappa shape index (κ3) is 3.67. The summed E-state index contributed by atoms with van der Waals surface area (Å²) >= 11 is 1.38. The highest BCUT2D eigenvalue weighted by Gasteiger charge is 2.45. The first kappa shape index (κ1) is 21.0. The summed E-state index contributed by atoms with van der Waals surface area (Å²) < 4.78 is 40.1. The van der Waals surface area contributed by atoms with Gasteiger partial charge >= 0.3 is 12.0 Å². The van der Waals surface area contributed by atoms with Gasteiger partial charge in [-0.15, -0.1) is 11.3 Å². The van der Waals surface area contributed by atoms with Crippen LogP contribution < -0.4 is 15.0 Å². The molecule has 9 nitrogen and oxygen atoms in total. The molecule has 32 heavy (non-hydrogen) atoms. The molecule has 0 radical (unpaired) electrons. The maximum absolute atomic E-state index is 14.6. The maximum atomic E-state index is 14.6. The molecule has 3 fully saturated rings. The van der Waals surface area contributed by atoms with Gasteiger partial charge in [-0.2, -0.15) is 13.8 Å². The molecule has 3 saturated heterocycles. The van der Waals surface area contributed by atoms with E-state index >= 15 is 0 Å². The van der Waals surface area contributed by atoms with Crippen LogP contribution in [0.4, 0.5) is 14.8 Å². The lowest BCUT2D eigenvalue weighted by atomic mass is 9.92. The minimum Gasteiger partial charge on any atom is -0.423 e. The zero-order valence-electron chi connectivity index (χ0n) is 17.1. The Kier molecular flexibility index (Phi) is 5.22. The fourth-order valence-corrected chi connectivity index (χ4v) is 4.70. The summed E-state index contributed by atoms with van der Waals surface area (Å²) in [6.45, 7) is 0.722. The van der Waals surface area contributed by atoms with Gasteiger partial charge in [0.25, 0.3) is 6.01 Å². The Morgan fingerprint density at radius 3 is 2.84 bits per heavy atom. The fraction of sp³-hybridized carbons (Fsp3) is 0.450. The van der Waals surface area contributed by atoms with E-state index in [0.717, 1.165) is 6.42 Å². The summed E-state index contributed by atoms with van der Waals surface area (Å²) in [5.74, 6) is -1.83. The molecule has 2 bridgehead atoms. The van der Waals surface area contributed by atoms with E-state index in [4.69, 9.17) is 14.3 Å². The van der Waals surface area contributed by atoms with Crippen LogP contribution in [0.15, 0.2) is 28.1 Å². The number of halogens is 2. The van der Waals surface area contributed by atoms with E-state index in [1.807, 2.05) is 4.90 Å². The van der Waals surface area contributed by atoms with Crippen LogP contribution in [-0.4, -0.2) is 77.4 Å². The number of thiazole rings is 1. The molecule has 5 heterocycles. The van der Waals surface area contributed by atoms with Crippen LogP contribution in [0.3, 0.4) is 0 Å². The summed E-state index contributed by atoms with van der Waals surface area (Å²) in [6.07, 6.45) is -1.42. The number of piperazine rings is 1. The second kappa shape index (κ2) is 7.94. The molecule has 12 heteroatoms. The molecule has 2 N–H and O–H groups in total. The van der Waals surface area contributed by atoms with Gasteiger partial charge in [-0.25, -0.2) is 4.98 Å². The highest BCUT2D eigenvalue weighted by molar-refractivity contribution is 7.13. The minimum atomic E-state index is -4.14. The Morgan fingerprint density at radius 2 is 2.19 bits per heavy atom. The summed E-state index contributed by atoms with van der Waals surface area (Å²) in [5.41, 5.74) is 0.970. The van der Waals surface area contributed by atoms with Crippen molar-refractivity contribution in [1.29, 1.82) is 0 Å². The van der Waals surface area contributed by atoms with Crippen molar-refractivity contribution in [2.75, 3.05) is 38.2 Å². The highest BCUT2D eigenvalue weighted by atomic mass is 32.1. The topological polar surface area (TPSA) is 104 Å². The number of fused-ring (bicyclic) bond motifs is 3. The average molecular weight is 465 g/mol. The van der Waals surface area contributed by atoms with Crippen molar-refractivity contribution in [2.24, 2.45) is 0 Å². The Morgan fingerprint density at radius 1 is 1.44 bits per heavy atom. The number of aliphatic hydroxyl groups is 1. The number of likely N-dealkylation sites (N-methyl/N-ethyl adjacent to an activating group) is 1. The van der Waals surface area contributed by atoms with Gasteiger partial charge in [0, 0.05) is 50.3 Å². The van der Waals surface area contributed by atoms with Gasteiger partial charge < -0.3 is 29.4 Å². The SMILES string of the molecule is CN(CCO)C(=O)C(F)(F)Oc1ccc(-c2nccs2)c2oc(N3CC4CC(C3)N4)nc12. The van der Waals surface area contributed by atoms with Gasteiger partial charge in [-0.3, -0.25) is 4.79 Å². The fourth-order valence-electron chi connectivity index (χ4n) is 4.04. The van der Waals surface area contributed by atoms with E-state index in [9.17, 15) is 13.6 Å². The van der Waals surface area contributed by atoms with E-state index in [1.54, 1.807) is 17.6 Å². The number of oxazole rings is 1. The van der Waals surface area contributed by atoms with Crippen LogP contribution in [-0.2, 0) is 4.79 Å². The lowest BCUT2D eigenvalue weighted by Crippen LogP contribution is -2.67. The van der Waals surface area contributed by atoms with Gasteiger partial charge in [0.15, 0.2) is 16.8 Å².